The van der Waals surface area contributed by atoms with E-state index in [2.05, 4.69) is 244 Å². The molecular formula is C60H44N2Si. The van der Waals surface area contributed by atoms with Crippen LogP contribution < -0.4 is 10.5 Å². The number of fused-ring (bicyclic) bond motifs is 3. The first-order valence-corrected chi connectivity index (χ1v) is 24.7. The minimum atomic E-state index is -2.16. The van der Waals surface area contributed by atoms with Crippen LogP contribution in [-0.2, 0) is 0 Å². The Hall–Kier alpha value is -7.72. The number of nitrogens with zero attached hydrogens (tertiary/aromatic N) is 2. The van der Waals surface area contributed by atoms with E-state index in [0.717, 1.165) is 39.3 Å². The van der Waals surface area contributed by atoms with Crippen molar-refractivity contribution in [3.05, 3.63) is 231 Å². The third-order valence-electron chi connectivity index (χ3n) is 12.6. The van der Waals surface area contributed by atoms with Crippen molar-refractivity contribution in [2.75, 3.05) is 0 Å². The monoisotopic (exact) mass is 820 g/mol. The molecule has 0 amide bonds. The number of aromatic nitrogens is 2. The molecule has 0 radical (unpaired) electrons. The molecule has 0 saturated heterocycles. The Balaban J connectivity index is 0.975. The fourth-order valence-electron chi connectivity index (χ4n) is 9.32. The zero-order valence-electron chi connectivity index (χ0n) is 35.3. The van der Waals surface area contributed by atoms with E-state index in [1.807, 2.05) is 0 Å². The lowest BCUT2D eigenvalue weighted by Crippen LogP contribution is -2.50. The molecule has 0 bridgehead atoms. The maximum Gasteiger partial charge on any atom is 0.159 e. The van der Waals surface area contributed by atoms with E-state index in [9.17, 15) is 0 Å². The molecule has 0 atom stereocenters. The lowest BCUT2D eigenvalue weighted by Gasteiger charge is -2.19. The molecule has 9 aromatic carbocycles. The van der Waals surface area contributed by atoms with Crippen molar-refractivity contribution in [3.8, 4) is 101 Å². The predicted octanol–water partition coefficient (Wildman–Crippen LogP) is 14.6. The van der Waals surface area contributed by atoms with Gasteiger partial charge in [-0.3, -0.25) is 0 Å². The summed E-state index contributed by atoms with van der Waals surface area (Å²) >= 11 is 0. The summed E-state index contributed by atoms with van der Waals surface area (Å²) in [6, 6.07) is 83.1. The molecule has 0 spiro atoms. The van der Waals surface area contributed by atoms with Crippen LogP contribution in [0, 0.1) is 0 Å². The summed E-state index contributed by atoms with van der Waals surface area (Å²) in [6.07, 6.45) is 0. The highest BCUT2D eigenvalue weighted by Gasteiger charge is 2.41. The van der Waals surface area contributed by atoms with Gasteiger partial charge in [0.2, 0.25) is 0 Å². The normalized spacial score (nSPS) is 12.4. The number of hydrogen-bond acceptors (Lipinski definition) is 2. The second-order valence-electron chi connectivity index (χ2n) is 17.0. The molecule has 3 heteroatoms. The molecule has 0 N–H and O–H groups in total. The van der Waals surface area contributed by atoms with Gasteiger partial charge in [-0.2, -0.15) is 0 Å². The molecular weight excluding hydrogens is 777 g/mol. The van der Waals surface area contributed by atoms with Crippen molar-refractivity contribution in [1.82, 2.24) is 9.97 Å². The Labute approximate surface area is 370 Å². The van der Waals surface area contributed by atoms with Crippen LogP contribution in [0.1, 0.15) is 0 Å². The van der Waals surface area contributed by atoms with E-state index >= 15 is 0 Å². The highest BCUT2D eigenvalue weighted by atomic mass is 28.3. The minimum Gasteiger partial charge on any atom is -0.237 e. The first-order valence-electron chi connectivity index (χ1n) is 21.7. The van der Waals surface area contributed by atoms with Gasteiger partial charge in [-0.1, -0.05) is 213 Å². The molecule has 10 aromatic rings. The lowest BCUT2D eigenvalue weighted by atomic mass is 9.94. The summed E-state index contributed by atoms with van der Waals surface area (Å²) < 4.78 is 0. The van der Waals surface area contributed by atoms with Gasteiger partial charge in [0.05, 0.1) is 5.69 Å². The largest absolute Gasteiger partial charge is 0.237 e. The summed E-state index contributed by atoms with van der Waals surface area (Å²) in [5, 5.41) is 2.61. The van der Waals surface area contributed by atoms with Crippen LogP contribution in [0.25, 0.3) is 101 Å². The molecule has 63 heavy (non-hydrogen) atoms. The van der Waals surface area contributed by atoms with E-state index in [4.69, 9.17) is 9.97 Å². The Kier molecular flexibility index (Phi) is 9.68. The van der Waals surface area contributed by atoms with Crippen molar-refractivity contribution in [2.45, 2.75) is 13.1 Å². The first-order chi connectivity index (χ1) is 31.0. The SMILES string of the molecule is C[Si]1(C)c2ccccc2-c2c(-c3cccc(-c4cccc(-c5ccc(-c6ccccc6)cc5)c4)c3)nc(-c3cccc(-c4cccc(-c5cccc(-c6ccccc6)c5)c4)c3)nc21. The Bertz CT molecular complexity index is 3300. The van der Waals surface area contributed by atoms with Gasteiger partial charge in [0.15, 0.2) is 5.82 Å². The molecule has 1 aliphatic rings. The van der Waals surface area contributed by atoms with Crippen molar-refractivity contribution < 1.29 is 0 Å². The second kappa shape index (κ2) is 16.0. The van der Waals surface area contributed by atoms with Crippen molar-refractivity contribution in [3.63, 3.8) is 0 Å². The first kappa shape index (κ1) is 38.2. The minimum absolute atomic E-state index is 0.761. The zero-order valence-corrected chi connectivity index (χ0v) is 36.3. The molecule has 1 aromatic heterocycles. The molecule has 11 rings (SSSR count). The van der Waals surface area contributed by atoms with E-state index in [1.54, 1.807) is 0 Å². The molecule has 0 aliphatic carbocycles. The highest BCUT2D eigenvalue weighted by molar-refractivity contribution is 7.03. The molecule has 1 aliphatic heterocycles. The van der Waals surface area contributed by atoms with Crippen molar-refractivity contribution in [2.24, 2.45) is 0 Å². The molecule has 0 fully saturated rings. The molecule has 0 unspecified atom stereocenters. The molecule has 2 nitrogen and oxygen atoms in total. The molecule has 2 heterocycles. The van der Waals surface area contributed by atoms with Crippen LogP contribution in [0.5, 0.6) is 0 Å². The Morgan fingerprint density at radius 1 is 0.286 bits per heavy atom. The number of hydrogen-bond donors (Lipinski definition) is 0. The fraction of sp³-hybridized carbons (Fsp3) is 0.0333. The fourth-order valence-corrected chi connectivity index (χ4v) is 12.2. The van der Waals surface area contributed by atoms with Crippen LogP contribution in [0.4, 0.5) is 0 Å². The van der Waals surface area contributed by atoms with Gasteiger partial charge in [-0.25, -0.2) is 9.97 Å². The summed E-state index contributed by atoms with van der Waals surface area (Å²) in [6.45, 7) is 4.86. The number of benzene rings is 9. The standard InChI is InChI=1S/C60H44N2Si/c1-63(2)56-31-10-9-30-55(56)57-58(53-28-14-26-51(39-53)48-23-12-21-46(37-48)44-34-32-43(33-35-44)41-16-5-3-6-17-41)61-59(62-60(57)63)54-29-15-27-52(40-54)50-25-13-24-49(38-50)47-22-11-20-45(36-47)42-18-7-4-8-19-42/h3-40H,1-2H3. The van der Waals surface area contributed by atoms with E-state index in [1.165, 1.54) is 71.7 Å². The quantitative estimate of drug-likeness (QED) is 0.143. The third kappa shape index (κ3) is 7.23. The summed E-state index contributed by atoms with van der Waals surface area (Å²) in [7, 11) is -2.16. The van der Waals surface area contributed by atoms with Crippen LogP contribution in [0.15, 0.2) is 231 Å². The van der Waals surface area contributed by atoms with E-state index in [0.29, 0.717) is 0 Å². The van der Waals surface area contributed by atoms with E-state index in [-0.39, 0.29) is 0 Å². The Morgan fingerprint density at radius 3 is 1.13 bits per heavy atom. The van der Waals surface area contributed by atoms with Gasteiger partial charge in [-0.15, -0.1) is 0 Å². The van der Waals surface area contributed by atoms with Gasteiger partial charge >= 0.3 is 0 Å². The van der Waals surface area contributed by atoms with Crippen LogP contribution in [0.2, 0.25) is 13.1 Å². The molecule has 298 valence electrons. The number of rotatable bonds is 8. The average Bonchev–Trinajstić information content (AvgIpc) is 3.60. The second-order valence-corrected chi connectivity index (χ2v) is 21.3. The van der Waals surface area contributed by atoms with Gasteiger partial charge in [-0.05, 0) is 108 Å². The van der Waals surface area contributed by atoms with Crippen LogP contribution in [0.3, 0.4) is 0 Å². The van der Waals surface area contributed by atoms with Crippen molar-refractivity contribution in [1.29, 1.82) is 0 Å². The summed E-state index contributed by atoms with van der Waals surface area (Å²) in [5.74, 6) is 0.761. The van der Waals surface area contributed by atoms with Crippen molar-refractivity contribution >= 4 is 18.6 Å². The predicted molar refractivity (Wildman–Crippen MR) is 268 cm³/mol. The van der Waals surface area contributed by atoms with Gasteiger partial charge in [0, 0.05) is 22.0 Å². The van der Waals surface area contributed by atoms with Gasteiger partial charge < -0.3 is 0 Å². The van der Waals surface area contributed by atoms with Gasteiger partial charge in [0.1, 0.15) is 8.07 Å². The molecule has 0 saturated carbocycles. The maximum absolute atomic E-state index is 5.53. The lowest BCUT2D eigenvalue weighted by molar-refractivity contribution is 1.21. The van der Waals surface area contributed by atoms with E-state index < -0.39 is 8.07 Å². The third-order valence-corrected chi connectivity index (χ3v) is 16.0. The summed E-state index contributed by atoms with van der Waals surface area (Å²) in [4.78, 5) is 11.0. The maximum atomic E-state index is 5.53. The topological polar surface area (TPSA) is 25.8 Å². The van der Waals surface area contributed by atoms with Crippen LogP contribution in [-0.4, -0.2) is 18.0 Å². The Morgan fingerprint density at radius 2 is 0.619 bits per heavy atom. The van der Waals surface area contributed by atoms with Gasteiger partial charge in [0.25, 0.3) is 0 Å². The smallest absolute Gasteiger partial charge is 0.159 e. The highest BCUT2D eigenvalue weighted by Crippen LogP contribution is 2.39. The average molecular weight is 821 g/mol. The van der Waals surface area contributed by atoms with Crippen LogP contribution >= 0.6 is 0 Å². The zero-order chi connectivity index (χ0) is 42.3. The summed E-state index contributed by atoms with van der Waals surface area (Å²) in [5.41, 5.74) is 19.8.